The maximum atomic E-state index is 11.0. The molecule has 0 saturated heterocycles. The lowest BCUT2D eigenvalue weighted by Crippen LogP contribution is -2.12. The van der Waals surface area contributed by atoms with Gasteiger partial charge in [-0.05, 0) is 43.4 Å². The quantitative estimate of drug-likeness (QED) is 0.750. The minimum atomic E-state index is -0.718. The second-order valence-electron chi connectivity index (χ2n) is 5.15. The zero-order valence-corrected chi connectivity index (χ0v) is 12.0. The van der Waals surface area contributed by atoms with Crippen molar-refractivity contribution in [2.24, 2.45) is 5.92 Å². The van der Waals surface area contributed by atoms with Crippen LogP contribution in [0.1, 0.15) is 31.7 Å². The maximum Gasteiger partial charge on any atom is 0.306 e. The molecule has 0 fully saturated rings. The second kappa shape index (κ2) is 6.39. The minimum Gasteiger partial charge on any atom is -0.481 e. The van der Waals surface area contributed by atoms with E-state index in [2.05, 4.69) is 9.97 Å². The molecule has 6 nitrogen and oxygen atoms in total. The number of carboxylic acids is 1. The number of aliphatic carboxylic acids is 1. The summed E-state index contributed by atoms with van der Waals surface area (Å²) in [6.07, 6.45) is 2.97. The van der Waals surface area contributed by atoms with Crippen molar-refractivity contribution in [1.82, 2.24) is 9.97 Å². The smallest absolute Gasteiger partial charge is 0.306 e. The maximum absolute atomic E-state index is 11.0. The molecule has 0 amide bonds. The molecule has 2 rings (SSSR count). The monoisotopic (exact) mass is 288 g/mol. The van der Waals surface area contributed by atoms with Crippen molar-refractivity contribution in [3.05, 3.63) is 23.8 Å². The Morgan fingerprint density at radius 3 is 2.76 bits per heavy atom. The molecule has 0 spiro atoms. The Hall–Kier alpha value is -2.37. The normalized spacial score (nSPS) is 12.4. The molecular formula is C15H20N4O2. The molecule has 1 aromatic heterocycles. The zero-order valence-electron chi connectivity index (χ0n) is 12.0. The molecule has 21 heavy (non-hydrogen) atoms. The van der Waals surface area contributed by atoms with Gasteiger partial charge >= 0.3 is 5.97 Å². The zero-order chi connectivity index (χ0) is 15.4. The fourth-order valence-electron chi connectivity index (χ4n) is 2.43. The third kappa shape index (κ3) is 3.59. The average molecular weight is 288 g/mol. The van der Waals surface area contributed by atoms with Gasteiger partial charge in [0.2, 0.25) is 5.95 Å². The summed E-state index contributed by atoms with van der Waals surface area (Å²) in [6.45, 7) is 1.90. The van der Waals surface area contributed by atoms with E-state index >= 15 is 0 Å². The van der Waals surface area contributed by atoms with E-state index in [0.29, 0.717) is 18.7 Å². The van der Waals surface area contributed by atoms with Crippen LogP contribution in [0.5, 0.6) is 0 Å². The van der Waals surface area contributed by atoms with Crippen molar-refractivity contribution < 1.29 is 9.90 Å². The Balaban J connectivity index is 2.08. The molecule has 112 valence electrons. The van der Waals surface area contributed by atoms with Gasteiger partial charge in [0.15, 0.2) is 0 Å². The van der Waals surface area contributed by atoms with Gasteiger partial charge in [-0.3, -0.25) is 4.79 Å². The number of carbonyl (C=O) groups is 1. The van der Waals surface area contributed by atoms with Gasteiger partial charge < -0.3 is 16.6 Å². The lowest BCUT2D eigenvalue weighted by molar-refractivity contribution is -0.142. The van der Waals surface area contributed by atoms with Crippen molar-refractivity contribution in [2.45, 2.75) is 32.6 Å². The topological polar surface area (TPSA) is 115 Å². The lowest BCUT2D eigenvalue weighted by atomic mass is 9.97. The molecule has 1 atom stereocenters. The summed E-state index contributed by atoms with van der Waals surface area (Å²) in [5.41, 5.74) is 13.2. The summed E-state index contributed by atoms with van der Waals surface area (Å²) in [5.74, 6) is -0.445. The van der Waals surface area contributed by atoms with Crippen LogP contribution in [0.2, 0.25) is 0 Å². The van der Waals surface area contributed by atoms with Crippen molar-refractivity contribution in [3.63, 3.8) is 0 Å². The van der Waals surface area contributed by atoms with Crippen LogP contribution in [0.15, 0.2) is 18.2 Å². The summed E-state index contributed by atoms with van der Waals surface area (Å²) in [6, 6.07) is 5.79. The molecule has 5 N–H and O–H groups in total. The van der Waals surface area contributed by atoms with E-state index in [0.717, 1.165) is 29.3 Å². The molecular weight excluding hydrogens is 268 g/mol. The van der Waals surface area contributed by atoms with E-state index in [1.807, 2.05) is 25.1 Å². The molecule has 0 aliphatic carbocycles. The Bertz CT molecular complexity index is 657. The number of fused-ring (bicyclic) bond motifs is 1. The number of hydrogen-bond donors (Lipinski definition) is 3. The van der Waals surface area contributed by atoms with E-state index in [4.69, 9.17) is 16.6 Å². The largest absolute Gasteiger partial charge is 0.481 e. The molecule has 1 unspecified atom stereocenters. The van der Waals surface area contributed by atoms with Crippen molar-refractivity contribution in [3.8, 4) is 0 Å². The number of rotatable bonds is 6. The van der Waals surface area contributed by atoms with Crippen LogP contribution in [0.3, 0.4) is 0 Å². The van der Waals surface area contributed by atoms with E-state index in [1.165, 1.54) is 0 Å². The summed E-state index contributed by atoms with van der Waals surface area (Å²) in [7, 11) is 0. The summed E-state index contributed by atoms with van der Waals surface area (Å²) < 4.78 is 0. The highest BCUT2D eigenvalue weighted by Gasteiger charge is 2.14. The van der Waals surface area contributed by atoms with E-state index < -0.39 is 5.97 Å². The second-order valence-corrected chi connectivity index (χ2v) is 5.15. The van der Waals surface area contributed by atoms with E-state index in [9.17, 15) is 4.79 Å². The number of anilines is 2. The Labute approximate surface area is 123 Å². The van der Waals surface area contributed by atoms with Gasteiger partial charge in [0, 0.05) is 5.39 Å². The first-order valence-corrected chi connectivity index (χ1v) is 7.05. The van der Waals surface area contributed by atoms with E-state index in [1.54, 1.807) is 0 Å². The summed E-state index contributed by atoms with van der Waals surface area (Å²) in [4.78, 5) is 19.1. The van der Waals surface area contributed by atoms with Crippen molar-refractivity contribution in [1.29, 1.82) is 0 Å². The van der Waals surface area contributed by atoms with Crippen molar-refractivity contribution >= 4 is 28.6 Å². The number of nitrogens with two attached hydrogens (primary N) is 2. The number of nitrogens with zero attached hydrogens (tertiary/aromatic N) is 2. The molecule has 0 radical (unpaired) electrons. The first-order chi connectivity index (χ1) is 10.0. The fraction of sp³-hybridized carbons (Fsp3) is 0.400. The predicted octanol–water partition coefficient (Wildman–Crippen LogP) is 2.23. The number of nitrogen functional groups attached to an aromatic ring is 2. The first-order valence-electron chi connectivity index (χ1n) is 7.05. The molecule has 6 heteroatoms. The van der Waals surface area contributed by atoms with Gasteiger partial charge in [-0.15, -0.1) is 0 Å². The molecule has 0 saturated carbocycles. The molecule has 0 aliphatic heterocycles. The molecule has 1 aromatic carbocycles. The minimum absolute atomic E-state index is 0.167. The van der Waals surface area contributed by atoms with E-state index in [-0.39, 0.29) is 11.9 Å². The first kappa shape index (κ1) is 15.0. The third-order valence-corrected chi connectivity index (χ3v) is 3.67. The summed E-state index contributed by atoms with van der Waals surface area (Å²) >= 11 is 0. The Morgan fingerprint density at radius 1 is 1.33 bits per heavy atom. The highest BCUT2D eigenvalue weighted by molar-refractivity contribution is 5.89. The Kier molecular flexibility index (Phi) is 4.57. The average Bonchev–Trinajstić information content (AvgIpc) is 2.43. The fourth-order valence-corrected chi connectivity index (χ4v) is 2.43. The lowest BCUT2D eigenvalue weighted by Gasteiger charge is -2.10. The van der Waals surface area contributed by atoms with Gasteiger partial charge in [-0.1, -0.05) is 13.0 Å². The van der Waals surface area contributed by atoms with Crippen LogP contribution in [0.25, 0.3) is 10.9 Å². The van der Waals surface area contributed by atoms with Crippen molar-refractivity contribution in [2.75, 3.05) is 11.5 Å². The highest BCUT2D eigenvalue weighted by Crippen LogP contribution is 2.22. The molecule has 1 heterocycles. The third-order valence-electron chi connectivity index (χ3n) is 3.67. The van der Waals surface area contributed by atoms with Crippen LogP contribution in [0, 0.1) is 5.92 Å². The number of hydrogen-bond acceptors (Lipinski definition) is 5. The standard InChI is InChI=1S/C15H20N4O2/c1-2-10(14(20)21)5-3-4-9-6-7-12-11(8-9)13(16)19-15(17)18-12/h6-8,10H,2-5H2,1H3,(H,20,21)(H4,16,17,18,19). The van der Waals surface area contributed by atoms with Crippen LogP contribution >= 0.6 is 0 Å². The molecule has 2 aromatic rings. The van der Waals surface area contributed by atoms with Crippen LogP contribution < -0.4 is 11.5 Å². The van der Waals surface area contributed by atoms with Gasteiger partial charge in [0.1, 0.15) is 5.82 Å². The summed E-state index contributed by atoms with van der Waals surface area (Å²) in [5, 5.41) is 9.81. The van der Waals surface area contributed by atoms with Crippen LogP contribution in [-0.4, -0.2) is 21.0 Å². The Morgan fingerprint density at radius 2 is 2.10 bits per heavy atom. The van der Waals surface area contributed by atoms with Gasteiger partial charge in [-0.25, -0.2) is 4.98 Å². The number of aromatic nitrogens is 2. The van der Waals surface area contributed by atoms with Crippen LogP contribution in [0.4, 0.5) is 11.8 Å². The molecule has 0 bridgehead atoms. The number of aryl methyl sites for hydroxylation is 1. The van der Waals surface area contributed by atoms with Gasteiger partial charge in [-0.2, -0.15) is 4.98 Å². The number of benzene rings is 1. The van der Waals surface area contributed by atoms with Gasteiger partial charge in [0.05, 0.1) is 11.4 Å². The highest BCUT2D eigenvalue weighted by atomic mass is 16.4. The predicted molar refractivity (Wildman–Crippen MR) is 82.7 cm³/mol. The molecule has 0 aliphatic rings. The SMILES string of the molecule is CCC(CCCc1ccc2nc(N)nc(N)c2c1)C(=O)O. The van der Waals surface area contributed by atoms with Gasteiger partial charge in [0.25, 0.3) is 0 Å². The van der Waals surface area contributed by atoms with Crippen LogP contribution in [-0.2, 0) is 11.2 Å². The number of carboxylic acid groups (broad SMARTS) is 1.